The van der Waals surface area contributed by atoms with Crippen molar-refractivity contribution >= 4 is 23.7 Å². The number of Topliss-reactive ketones (excluding diaryl/α,β-unsaturated/α-hetero) is 1. The van der Waals surface area contributed by atoms with Gasteiger partial charge in [0.05, 0.1) is 17.5 Å². The van der Waals surface area contributed by atoms with Crippen molar-refractivity contribution in [2.45, 2.75) is 50.6 Å². The van der Waals surface area contributed by atoms with Gasteiger partial charge in [-0.05, 0) is 38.7 Å². The molecule has 0 unspecified atom stereocenters. The van der Waals surface area contributed by atoms with Gasteiger partial charge in [0, 0.05) is 47.7 Å². The van der Waals surface area contributed by atoms with Crippen molar-refractivity contribution in [2.75, 3.05) is 5.73 Å². The van der Waals surface area contributed by atoms with E-state index in [0.717, 1.165) is 48.9 Å². The third kappa shape index (κ3) is 3.09. The highest BCUT2D eigenvalue weighted by molar-refractivity contribution is 6.00. The van der Waals surface area contributed by atoms with Crippen LogP contribution in [-0.2, 0) is 4.79 Å². The number of H-pyrrole nitrogens is 1. The first-order valence-electron chi connectivity index (χ1n) is 11.4. The van der Waals surface area contributed by atoms with Gasteiger partial charge in [0.15, 0.2) is 17.3 Å². The number of nitrogens with one attached hydrogen (secondary N) is 1. The number of carbonyl (C=O) groups excluding carboxylic acids is 2. The fourth-order valence-corrected chi connectivity index (χ4v) is 5.60. The molecule has 4 aromatic rings. The molecule has 0 aliphatic carbocycles. The number of hydrogen-bond donors (Lipinski definition) is 2. The van der Waals surface area contributed by atoms with E-state index in [1.54, 1.807) is 24.8 Å². The first kappa shape index (κ1) is 20.5. The number of nitrogens with zero attached hydrogens (tertiary/aromatic N) is 6. The number of imidazole rings is 1. The molecule has 10 nitrogen and oxygen atoms in total. The average Bonchev–Trinajstić information content (AvgIpc) is 3.57. The number of carbonyl (C=O) groups is 2. The van der Waals surface area contributed by atoms with Crippen LogP contribution in [0.2, 0.25) is 0 Å². The van der Waals surface area contributed by atoms with Crippen LogP contribution in [0.1, 0.15) is 54.6 Å². The summed E-state index contributed by atoms with van der Waals surface area (Å²) in [5, 5.41) is 4.44. The van der Waals surface area contributed by atoms with Gasteiger partial charge in [0.1, 0.15) is 11.5 Å². The highest BCUT2D eigenvalue weighted by Gasteiger charge is 2.42. The molecule has 1 amide bonds. The number of aromatic nitrogens is 6. The minimum Gasteiger partial charge on any atom is -0.383 e. The molecule has 2 bridgehead atoms. The SMILES string of the molecule is CC(=O)c1c([C@@H]2C[C@H]3CC[C@@H](C2)N3C=O)nc2c(-c3ccc(-c4ncc[nH]4)nc3)cnn2c1N. The lowest BCUT2D eigenvalue weighted by Crippen LogP contribution is -2.41. The van der Waals surface area contributed by atoms with Crippen molar-refractivity contribution in [1.29, 1.82) is 0 Å². The Labute approximate surface area is 195 Å². The van der Waals surface area contributed by atoms with Gasteiger partial charge in [-0.1, -0.05) is 6.07 Å². The molecule has 0 radical (unpaired) electrons. The van der Waals surface area contributed by atoms with Crippen LogP contribution in [0.5, 0.6) is 0 Å². The monoisotopic (exact) mass is 456 g/mol. The number of piperidine rings is 1. The van der Waals surface area contributed by atoms with Gasteiger partial charge in [-0.2, -0.15) is 9.61 Å². The smallest absolute Gasteiger partial charge is 0.210 e. The standard InChI is InChI=1S/C24H24N8O2/c1-13(34)20-21(15-8-16-3-4-17(9-15)31(16)12-33)30-24-18(11-29-32(24)22(20)25)14-2-5-19(28-10-14)23-26-6-7-27-23/h2,5-7,10-12,15-17H,3-4,8-9,25H2,1H3,(H,26,27)/t15-,16-,17+. The number of nitrogens with two attached hydrogens (primary N) is 1. The van der Waals surface area contributed by atoms with Gasteiger partial charge < -0.3 is 15.6 Å². The number of ketones is 1. The molecule has 2 fully saturated rings. The first-order valence-corrected chi connectivity index (χ1v) is 11.4. The Morgan fingerprint density at radius 2 is 1.97 bits per heavy atom. The third-order valence-corrected chi connectivity index (χ3v) is 7.18. The Morgan fingerprint density at radius 3 is 2.59 bits per heavy atom. The fraction of sp³-hybridized carbons (Fsp3) is 0.333. The van der Waals surface area contributed by atoms with Crippen molar-refractivity contribution < 1.29 is 9.59 Å². The lowest BCUT2D eigenvalue weighted by atomic mass is 9.85. The van der Waals surface area contributed by atoms with E-state index in [1.807, 2.05) is 17.0 Å². The molecule has 0 spiro atoms. The zero-order valence-corrected chi connectivity index (χ0v) is 18.7. The van der Waals surface area contributed by atoms with Crippen LogP contribution in [0.4, 0.5) is 5.82 Å². The number of hydrogen-bond acceptors (Lipinski definition) is 7. The maximum absolute atomic E-state index is 12.7. The van der Waals surface area contributed by atoms with Crippen LogP contribution in [0.3, 0.4) is 0 Å². The van der Waals surface area contributed by atoms with Crippen molar-refractivity contribution in [3.8, 4) is 22.6 Å². The molecule has 10 heteroatoms. The van der Waals surface area contributed by atoms with Crippen LogP contribution < -0.4 is 5.73 Å². The number of anilines is 1. The molecule has 0 saturated carbocycles. The average molecular weight is 457 g/mol. The summed E-state index contributed by atoms with van der Waals surface area (Å²) in [4.78, 5) is 42.9. The van der Waals surface area contributed by atoms with Gasteiger partial charge in [-0.3, -0.25) is 14.6 Å². The van der Waals surface area contributed by atoms with E-state index >= 15 is 0 Å². The Morgan fingerprint density at radius 1 is 1.18 bits per heavy atom. The number of nitrogen functional groups attached to an aromatic ring is 1. The Bertz CT molecular complexity index is 1380. The molecule has 34 heavy (non-hydrogen) atoms. The molecule has 2 aliphatic rings. The minimum atomic E-state index is -0.131. The molecular weight excluding hydrogens is 432 g/mol. The highest BCUT2D eigenvalue weighted by Crippen LogP contribution is 2.43. The number of rotatable bonds is 5. The summed E-state index contributed by atoms with van der Waals surface area (Å²) in [6, 6.07) is 4.20. The first-order chi connectivity index (χ1) is 16.5. The van der Waals surface area contributed by atoms with E-state index in [2.05, 4.69) is 20.1 Å². The topological polar surface area (TPSA) is 135 Å². The lowest BCUT2D eigenvalue weighted by molar-refractivity contribution is -0.122. The summed E-state index contributed by atoms with van der Waals surface area (Å²) >= 11 is 0. The molecular formula is C24H24N8O2. The van der Waals surface area contributed by atoms with Crippen LogP contribution in [0.25, 0.3) is 28.3 Å². The third-order valence-electron chi connectivity index (χ3n) is 7.18. The largest absolute Gasteiger partial charge is 0.383 e. The Balaban J connectivity index is 1.45. The molecule has 172 valence electrons. The number of fused-ring (bicyclic) bond motifs is 3. The maximum atomic E-state index is 12.7. The van der Waals surface area contributed by atoms with Gasteiger partial charge in [-0.25, -0.2) is 9.97 Å². The molecule has 2 aliphatic heterocycles. The van der Waals surface area contributed by atoms with Gasteiger partial charge in [-0.15, -0.1) is 0 Å². The summed E-state index contributed by atoms with van der Waals surface area (Å²) in [6.07, 6.45) is 11.4. The zero-order chi connectivity index (χ0) is 23.4. The molecule has 2 saturated heterocycles. The van der Waals surface area contributed by atoms with Crippen LogP contribution in [0, 0.1) is 0 Å². The van der Waals surface area contributed by atoms with Gasteiger partial charge in [0.2, 0.25) is 6.41 Å². The van der Waals surface area contributed by atoms with Gasteiger partial charge in [0.25, 0.3) is 0 Å². The maximum Gasteiger partial charge on any atom is 0.210 e. The second-order valence-corrected chi connectivity index (χ2v) is 9.08. The van der Waals surface area contributed by atoms with Crippen molar-refractivity contribution in [3.63, 3.8) is 0 Å². The van der Waals surface area contributed by atoms with E-state index in [4.69, 9.17) is 10.7 Å². The molecule has 0 aromatic carbocycles. The Kier molecular flexibility index (Phi) is 4.68. The van der Waals surface area contributed by atoms with Crippen molar-refractivity contribution in [2.24, 2.45) is 0 Å². The van der Waals surface area contributed by atoms with E-state index in [-0.39, 0.29) is 23.8 Å². The molecule has 4 aromatic heterocycles. The zero-order valence-electron chi connectivity index (χ0n) is 18.7. The van der Waals surface area contributed by atoms with Crippen LogP contribution in [0.15, 0.2) is 36.9 Å². The second-order valence-electron chi connectivity index (χ2n) is 9.08. The van der Waals surface area contributed by atoms with Crippen LogP contribution >= 0.6 is 0 Å². The normalized spacial score (nSPS) is 21.8. The van der Waals surface area contributed by atoms with Crippen molar-refractivity contribution in [3.05, 3.63) is 48.2 Å². The summed E-state index contributed by atoms with van der Waals surface area (Å²) in [5.74, 6) is 0.915. The molecule has 6 rings (SSSR count). The van der Waals surface area contributed by atoms with Crippen molar-refractivity contribution in [1.82, 2.24) is 34.4 Å². The predicted octanol–water partition coefficient (Wildman–Crippen LogP) is 2.83. The number of pyridine rings is 1. The van der Waals surface area contributed by atoms with E-state index in [0.29, 0.717) is 28.5 Å². The van der Waals surface area contributed by atoms with E-state index in [9.17, 15) is 9.59 Å². The van der Waals surface area contributed by atoms with E-state index < -0.39 is 0 Å². The number of amides is 1. The molecule has 3 atom stereocenters. The van der Waals surface area contributed by atoms with Gasteiger partial charge >= 0.3 is 0 Å². The number of aromatic amines is 1. The summed E-state index contributed by atoms with van der Waals surface area (Å²) in [5.41, 5.74) is 10.6. The molecule has 3 N–H and O–H groups in total. The van der Waals surface area contributed by atoms with Crippen LogP contribution in [-0.4, -0.2) is 58.7 Å². The molecule has 6 heterocycles. The van der Waals surface area contributed by atoms with E-state index in [1.165, 1.54) is 11.4 Å². The Hall–Kier alpha value is -4.08. The highest BCUT2D eigenvalue weighted by atomic mass is 16.1. The lowest BCUT2D eigenvalue weighted by Gasteiger charge is -2.36. The fourth-order valence-electron chi connectivity index (χ4n) is 5.60. The summed E-state index contributed by atoms with van der Waals surface area (Å²) in [7, 11) is 0. The summed E-state index contributed by atoms with van der Waals surface area (Å²) < 4.78 is 1.53. The quantitative estimate of drug-likeness (QED) is 0.348. The predicted molar refractivity (Wildman–Crippen MR) is 125 cm³/mol. The second kappa shape index (κ2) is 7.75. The summed E-state index contributed by atoms with van der Waals surface area (Å²) in [6.45, 7) is 1.51. The minimum absolute atomic E-state index is 0.0575.